The van der Waals surface area contributed by atoms with Gasteiger partial charge in [0.15, 0.2) is 6.10 Å². The van der Waals surface area contributed by atoms with Crippen LogP contribution in [0.1, 0.15) is 32.6 Å². The molecule has 4 heteroatoms. The zero-order chi connectivity index (χ0) is 14.5. The maximum absolute atomic E-state index is 12.3. The number of rotatable bonds is 5. The third-order valence-corrected chi connectivity index (χ3v) is 3.94. The van der Waals surface area contributed by atoms with Gasteiger partial charge in [-0.15, -0.1) is 0 Å². The molecule has 110 valence electrons. The van der Waals surface area contributed by atoms with Crippen molar-refractivity contribution in [2.75, 3.05) is 14.2 Å². The number of ether oxygens (including phenoxy) is 2. The van der Waals surface area contributed by atoms with E-state index in [-0.39, 0.29) is 5.91 Å². The van der Waals surface area contributed by atoms with Gasteiger partial charge in [-0.2, -0.15) is 0 Å². The summed E-state index contributed by atoms with van der Waals surface area (Å²) in [6, 6.07) is 7.67. The van der Waals surface area contributed by atoms with Crippen LogP contribution < -0.4 is 9.47 Å². The van der Waals surface area contributed by atoms with E-state index in [9.17, 15) is 4.79 Å². The van der Waals surface area contributed by atoms with Gasteiger partial charge in [0.1, 0.15) is 11.5 Å². The predicted molar refractivity (Wildman–Crippen MR) is 78.1 cm³/mol. The van der Waals surface area contributed by atoms with Crippen LogP contribution in [0.3, 0.4) is 0 Å². The number of hydrogen-bond donors (Lipinski definition) is 0. The quantitative estimate of drug-likeness (QED) is 0.830. The number of nitrogens with zero attached hydrogens (tertiary/aromatic N) is 1. The summed E-state index contributed by atoms with van der Waals surface area (Å²) in [7, 11) is 3.50. The maximum atomic E-state index is 12.3. The van der Waals surface area contributed by atoms with Crippen molar-refractivity contribution < 1.29 is 14.3 Å². The van der Waals surface area contributed by atoms with Crippen molar-refractivity contribution in [1.82, 2.24) is 4.90 Å². The Labute approximate surface area is 120 Å². The first-order chi connectivity index (χ1) is 9.61. The molecule has 1 aromatic rings. The smallest absolute Gasteiger partial charge is 0.263 e. The highest BCUT2D eigenvalue weighted by molar-refractivity contribution is 5.81. The minimum absolute atomic E-state index is 0.0488. The van der Waals surface area contributed by atoms with Crippen LogP contribution in [-0.4, -0.2) is 37.1 Å². The average molecular weight is 277 g/mol. The molecule has 0 radical (unpaired) electrons. The van der Waals surface area contributed by atoms with Crippen LogP contribution in [0.2, 0.25) is 0 Å². The average Bonchev–Trinajstić information content (AvgIpc) is 3.00. The van der Waals surface area contributed by atoms with Crippen molar-refractivity contribution in [3.63, 3.8) is 0 Å². The lowest BCUT2D eigenvalue weighted by Gasteiger charge is -2.27. The van der Waals surface area contributed by atoms with Gasteiger partial charge in [0.05, 0.1) is 7.11 Å². The van der Waals surface area contributed by atoms with Gasteiger partial charge in [-0.25, -0.2) is 0 Å². The minimum Gasteiger partial charge on any atom is -0.497 e. The molecule has 1 aliphatic carbocycles. The maximum Gasteiger partial charge on any atom is 0.263 e. The van der Waals surface area contributed by atoms with E-state index in [0.29, 0.717) is 11.8 Å². The lowest BCUT2D eigenvalue weighted by Crippen LogP contribution is -2.42. The zero-order valence-electron chi connectivity index (χ0n) is 12.5. The summed E-state index contributed by atoms with van der Waals surface area (Å²) in [6.45, 7) is 1.80. The standard InChI is InChI=1S/C16H23NO3/c1-12(16(18)17(2)13-6-4-5-7-13)20-15-10-8-14(19-3)9-11-15/h8-13H,4-7H2,1-3H3/t12-/m0/s1. The first-order valence-electron chi connectivity index (χ1n) is 7.19. The van der Waals surface area contributed by atoms with Crippen molar-refractivity contribution >= 4 is 5.91 Å². The summed E-state index contributed by atoms with van der Waals surface area (Å²) in [4.78, 5) is 14.2. The number of hydrogen-bond acceptors (Lipinski definition) is 3. The molecule has 1 amide bonds. The molecule has 0 aliphatic heterocycles. The highest BCUT2D eigenvalue weighted by atomic mass is 16.5. The number of benzene rings is 1. The fourth-order valence-electron chi connectivity index (χ4n) is 2.67. The monoisotopic (exact) mass is 277 g/mol. The van der Waals surface area contributed by atoms with Crippen LogP contribution in [0.4, 0.5) is 0 Å². The molecule has 1 atom stereocenters. The molecule has 1 saturated carbocycles. The normalized spacial score (nSPS) is 16.8. The molecule has 1 fully saturated rings. The predicted octanol–water partition coefficient (Wildman–Crippen LogP) is 2.86. The van der Waals surface area contributed by atoms with Crippen LogP contribution in [-0.2, 0) is 4.79 Å². The summed E-state index contributed by atoms with van der Waals surface area (Å²) >= 11 is 0. The van der Waals surface area contributed by atoms with Gasteiger partial charge in [0, 0.05) is 13.1 Å². The second kappa shape index (κ2) is 6.64. The van der Waals surface area contributed by atoms with E-state index >= 15 is 0 Å². The van der Waals surface area contributed by atoms with Crippen molar-refractivity contribution in [2.24, 2.45) is 0 Å². The highest BCUT2D eigenvalue weighted by Gasteiger charge is 2.27. The largest absolute Gasteiger partial charge is 0.497 e. The molecule has 0 unspecified atom stereocenters. The number of methoxy groups -OCH3 is 1. The van der Waals surface area contributed by atoms with Gasteiger partial charge in [0.25, 0.3) is 5.91 Å². The lowest BCUT2D eigenvalue weighted by molar-refractivity contribution is -0.138. The van der Waals surface area contributed by atoms with Crippen molar-refractivity contribution in [3.8, 4) is 11.5 Å². The van der Waals surface area contributed by atoms with Gasteiger partial charge >= 0.3 is 0 Å². The molecular weight excluding hydrogens is 254 g/mol. The van der Waals surface area contributed by atoms with E-state index in [1.165, 1.54) is 12.8 Å². The van der Waals surface area contributed by atoms with E-state index < -0.39 is 6.10 Å². The van der Waals surface area contributed by atoms with Crippen molar-refractivity contribution in [3.05, 3.63) is 24.3 Å². The molecule has 0 N–H and O–H groups in total. The first-order valence-corrected chi connectivity index (χ1v) is 7.19. The Morgan fingerprint density at radius 2 is 1.75 bits per heavy atom. The fraction of sp³-hybridized carbons (Fsp3) is 0.562. The third kappa shape index (κ3) is 3.44. The summed E-state index contributed by atoms with van der Waals surface area (Å²) in [5, 5.41) is 0. The fourth-order valence-corrected chi connectivity index (χ4v) is 2.67. The SMILES string of the molecule is COc1ccc(O[C@@H](C)C(=O)N(C)C2CCCC2)cc1. The van der Waals surface area contributed by atoms with E-state index in [4.69, 9.17) is 9.47 Å². The van der Waals surface area contributed by atoms with E-state index in [1.54, 1.807) is 14.0 Å². The Balaban J connectivity index is 1.92. The Bertz CT molecular complexity index is 438. The number of carbonyl (C=O) groups excluding carboxylic acids is 1. The molecule has 4 nitrogen and oxygen atoms in total. The zero-order valence-corrected chi connectivity index (χ0v) is 12.5. The summed E-state index contributed by atoms with van der Waals surface area (Å²) in [6.07, 6.45) is 4.19. The molecule has 0 bridgehead atoms. The molecular formula is C16H23NO3. The summed E-state index contributed by atoms with van der Waals surface area (Å²) in [5.41, 5.74) is 0. The Kier molecular flexibility index (Phi) is 4.88. The first kappa shape index (κ1) is 14.7. The van der Waals surface area contributed by atoms with Crippen LogP contribution >= 0.6 is 0 Å². The van der Waals surface area contributed by atoms with Crippen LogP contribution in [0, 0.1) is 0 Å². The third-order valence-electron chi connectivity index (χ3n) is 3.94. The van der Waals surface area contributed by atoms with Gasteiger partial charge in [-0.1, -0.05) is 12.8 Å². The van der Waals surface area contributed by atoms with Crippen LogP contribution in [0.5, 0.6) is 11.5 Å². The molecule has 0 aromatic heterocycles. The van der Waals surface area contributed by atoms with E-state index in [0.717, 1.165) is 18.6 Å². The highest BCUT2D eigenvalue weighted by Crippen LogP contribution is 2.24. The Morgan fingerprint density at radius 1 is 1.20 bits per heavy atom. The van der Waals surface area contributed by atoms with E-state index in [2.05, 4.69) is 0 Å². The van der Waals surface area contributed by atoms with Gasteiger partial charge in [0.2, 0.25) is 0 Å². The minimum atomic E-state index is -0.464. The summed E-state index contributed by atoms with van der Waals surface area (Å²) in [5.74, 6) is 1.51. The molecule has 1 aliphatic rings. The van der Waals surface area contributed by atoms with Crippen molar-refractivity contribution in [1.29, 1.82) is 0 Å². The van der Waals surface area contributed by atoms with Crippen LogP contribution in [0.25, 0.3) is 0 Å². The topological polar surface area (TPSA) is 38.8 Å². The van der Waals surface area contributed by atoms with Crippen LogP contribution in [0.15, 0.2) is 24.3 Å². The molecule has 0 spiro atoms. The number of carbonyl (C=O) groups is 1. The van der Waals surface area contributed by atoms with Gasteiger partial charge in [-0.3, -0.25) is 4.79 Å². The van der Waals surface area contributed by atoms with Gasteiger partial charge < -0.3 is 14.4 Å². The lowest BCUT2D eigenvalue weighted by atomic mass is 10.2. The Hall–Kier alpha value is -1.71. The van der Waals surface area contributed by atoms with Gasteiger partial charge in [-0.05, 0) is 44.0 Å². The van der Waals surface area contributed by atoms with E-state index in [1.807, 2.05) is 36.2 Å². The van der Waals surface area contributed by atoms with Crippen molar-refractivity contribution in [2.45, 2.75) is 44.8 Å². The number of likely N-dealkylation sites (N-methyl/N-ethyl adjacent to an activating group) is 1. The summed E-state index contributed by atoms with van der Waals surface area (Å²) < 4.78 is 10.8. The second-order valence-electron chi connectivity index (χ2n) is 5.32. The molecule has 20 heavy (non-hydrogen) atoms. The molecule has 0 saturated heterocycles. The molecule has 2 rings (SSSR count). The molecule has 1 aromatic carbocycles. The number of amides is 1. The molecule has 0 heterocycles. The Morgan fingerprint density at radius 3 is 2.30 bits per heavy atom. The second-order valence-corrected chi connectivity index (χ2v) is 5.32.